The molecule has 1 spiro atoms. The molecule has 0 aromatic carbocycles. The lowest BCUT2D eigenvalue weighted by Gasteiger charge is -2.53. The molecule has 140 valence electrons. The van der Waals surface area contributed by atoms with Gasteiger partial charge < -0.3 is 19.9 Å². The number of aliphatic hydroxyl groups is 1. The first-order valence-electron chi connectivity index (χ1n) is 8.69. The van der Waals surface area contributed by atoms with Gasteiger partial charge in [0.15, 0.2) is 0 Å². The maximum Gasteiger partial charge on any atom is 0.246 e. The van der Waals surface area contributed by atoms with E-state index in [1.165, 1.54) is 12.0 Å². The third kappa shape index (κ3) is 4.03. The Labute approximate surface area is 152 Å². The molecule has 25 heavy (non-hydrogen) atoms. The molecule has 0 bridgehead atoms. The van der Waals surface area contributed by atoms with Gasteiger partial charge in [-0.2, -0.15) is 0 Å². The quantitative estimate of drug-likeness (QED) is 0.798. The molecule has 3 rings (SSSR count). The summed E-state index contributed by atoms with van der Waals surface area (Å²) in [4.78, 5) is 19.7. The smallest absolute Gasteiger partial charge is 0.246 e. The Bertz CT molecular complexity index is 574. The van der Waals surface area contributed by atoms with Crippen LogP contribution in [0, 0.1) is 0 Å². The van der Waals surface area contributed by atoms with Gasteiger partial charge in [0.1, 0.15) is 12.7 Å². The highest BCUT2D eigenvalue weighted by atomic mass is 32.1. The monoisotopic (exact) mass is 369 g/mol. The number of nitrogens with one attached hydrogen (secondary N) is 1. The zero-order valence-electron chi connectivity index (χ0n) is 14.9. The molecule has 3 heterocycles. The van der Waals surface area contributed by atoms with Gasteiger partial charge in [-0.05, 0) is 26.2 Å². The zero-order chi connectivity index (χ0) is 17.9. The lowest BCUT2D eigenvalue weighted by Crippen LogP contribution is -2.69. The van der Waals surface area contributed by atoms with Crippen LogP contribution in [0.3, 0.4) is 0 Å². The molecule has 2 fully saturated rings. The van der Waals surface area contributed by atoms with Crippen molar-refractivity contribution in [2.45, 2.75) is 50.0 Å². The fourth-order valence-corrected chi connectivity index (χ4v) is 4.56. The van der Waals surface area contributed by atoms with Crippen molar-refractivity contribution in [1.82, 2.24) is 15.2 Å². The van der Waals surface area contributed by atoms with Crippen LogP contribution >= 0.6 is 11.3 Å². The first kappa shape index (κ1) is 18.7. The summed E-state index contributed by atoms with van der Waals surface area (Å²) in [6, 6.07) is 0. The number of hydrogen-bond acceptors (Lipinski definition) is 7. The van der Waals surface area contributed by atoms with Crippen molar-refractivity contribution in [2.75, 3.05) is 33.4 Å². The van der Waals surface area contributed by atoms with Crippen LogP contribution in [-0.2, 0) is 20.8 Å². The molecule has 8 heteroatoms. The number of carbonyl (C=O) groups is 1. The number of piperidine rings is 1. The summed E-state index contributed by atoms with van der Waals surface area (Å²) in [6.07, 6.45) is 3.27. The Kier molecular flexibility index (Phi) is 5.75. The molecule has 1 aromatic rings. The summed E-state index contributed by atoms with van der Waals surface area (Å²) in [6.45, 7) is 5.04. The van der Waals surface area contributed by atoms with Gasteiger partial charge in [-0.15, -0.1) is 11.3 Å². The molecule has 0 unspecified atom stereocenters. The van der Waals surface area contributed by atoms with E-state index in [1.54, 1.807) is 11.3 Å². The summed E-state index contributed by atoms with van der Waals surface area (Å²) in [5, 5.41) is 14.0. The molecule has 0 saturated carbocycles. The molecule has 0 aliphatic carbocycles. The number of methoxy groups -OCH3 is 1. The molecular weight excluding hydrogens is 342 g/mol. The Morgan fingerprint density at radius 3 is 2.92 bits per heavy atom. The maximum atomic E-state index is 12.0. The Morgan fingerprint density at radius 2 is 2.28 bits per heavy atom. The minimum absolute atomic E-state index is 0.00120. The van der Waals surface area contributed by atoms with E-state index in [0.29, 0.717) is 13.0 Å². The number of nitrogens with zero attached hydrogens (tertiary/aromatic N) is 2. The third-order valence-electron chi connectivity index (χ3n) is 5.38. The predicted octanol–water partition coefficient (Wildman–Crippen LogP) is 0.780. The Hall–Kier alpha value is -1.06. The SMILES string of the molecule is COCC(=O)N[C@]1(C)CCOC2(CCN(Cc3cncs3)CC2)[C@H]1O. The molecule has 2 aliphatic heterocycles. The van der Waals surface area contributed by atoms with Crippen LogP contribution in [0.15, 0.2) is 11.7 Å². The van der Waals surface area contributed by atoms with Crippen molar-refractivity contribution in [3.05, 3.63) is 16.6 Å². The average molecular weight is 369 g/mol. The third-order valence-corrected chi connectivity index (χ3v) is 6.14. The number of carbonyl (C=O) groups excluding carboxylic acids is 1. The van der Waals surface area contributed by atoms with Crippen LogP contribution in [0.2, 0.25) is 0 Å². The van der Waals surface area contributed by atoms with Crippen molar-refractivity contribution in [3.63, 3.8) is 0 Å². The van der Waals surface area contributed by atoms with Crippen molar-refractivity contribution in [3.8, 4) is 0 Å². The first-order valence-corrected chi connectivity index (χ1v) is 9.57. The summed E-state index contributed by atoms with van der Waals surface area (Å²) in [5.74, 6) is -0.205. The van der Waals surface area contributed by atoms with Gasteiger partial charge in [-0.3, -0.25) is 14.7 Å². The van der Waals surface area contributed by atoms with E-state index >= 15 is 0 Å². The topological polar surface area (TPSA) is 83.9 Å². The molecule has 1 amide bonds. The highest BCUT2D eigenvalue weighted by Crippen LogP contribution is 2.40. The lowest BCUT2D eigenvalue weighted by atomic mass is 9.73. The molecular formula is C17H27N3O4S. The van der Waals surface area contributed by atoms with Crippen LogP contribution in [0.1, 0.15) is 31.1 Å². The predicted molar refractivity (Wildman–Crippen MR) is 94.4 cm³/mol. The zero-order valence-corrected chi connectivity index (χ0v) is 15.7. The van der Waals surface area contributed by atoms with Crippen LogP contribution < -0.4 is 5.32 Å². The molecule has 7 nitrogen and oxygen atoms in total. The van der Waals surface area contributed by atoms with Crippen LogP contribution in [0.5, 0.6) is 0 Å². The molecule has 1 aromatic heterocycles. The fraction of sp³-hybridized carbons (Fsp3) is 0.765. The standard InChI is InChI=1S/C17H27N3O4S/c1-16(19-14(21)11-23-2)5-8-24-17(15(16)22)3-6-20(7-4-17)10-13-9-18-12-25-13/h9,12,15,22H,3-8,10-11H2,1-2H3,(H,19,21)/t15-,16+/m0/s1. The van der Waals surface area contributed by atoms with E-state index in [0.717, 1.165) is 32.5 Å². The highest BCUT2D eigenvalue weighted by molar-refractivity contribution is 7.09. The number of hydrogen-bond donors (Lipinski definition) is 2. The summed E-state index contributed by atoms with van der Waals surface area (Å²) in [7, 11) is 1.49. The van der Waals surface area contributed by atoms with Crippen molar-refractivity contribution >= 4 is 17.2 Å². The minimum Gasteiger partial charge on any atom is -0.388 e. The number of likely N-dealkylation sites (tertiary alicyclic amines) is 1. The number of ether oxygens (including phenoxy) is 2. The number of thiazole rings is 1. The van der Waals surface area contributed by atoms with Crippen molar-refractivity contribution in [2.24, 2.45) is 0 Å². The van der Waals surface area contributed by atoms with Crippen LogP contribution in [0.25, 0.3) is 0 Å². The fourth-order valence-electron chi connectivity index (χ4n) is 3.93. The van der Waals surface area contributed by atoms with Crippen molar-refractivity contribution in [1.29, 1.82) is 0 Å². The number of rotatable bonds is 5. The molecule has 0 radical (unpaired) electrons. The van der Waals surface area contributed by atoms with E-state index < -0.39 is 17.2 Å². The van der Waals surface area contributed by atoms with Gasteiger partial charge >= 0.3 is 0 Å². The lowest BCUT2D eigenvalue weighted by molar-refractivity contribution is -0.208. The van der Waals surface area contributed by atoms with E-state index in [-0.39, 0.29) is 12.5 Å². The van der Waals surface area contributed by atoms with Gasteiger partial charge in [0, 0.05) is 44.4 Å². The van der Waals surface area contributed by atoms with Gasteiger partial charge in [0.2, 0.25) is 5.91 Å². The minimum atomic E-state index is -0.736. The Balaban J connectivity index is 1.62. The highest BCUT2D eigenvalue weighted by Gasteiger charge is 2.53. The number of aliphatic hydroxyl groups excluding tert-OH is 1. The van der Waals surface area contributed by atoms with Gasteiger partial charge in [-0.25, -0.2) is 0 Å². The van der Waals surface area contributed by atoms with Gasteiger partial charge in [-0.1, -0.05) is 0 Å². The van der Waals surface area contributed by atoms with Crippen molar-refractivity contribution < 1.29 is 19.4 Å². The maximum absolute atomic E-state index is 12.0. The second-order valence-electron chi connectivity index (χ2n) is 7.21. The van der Waals surface area contributed by atoms with E-state index in [1.807, 2.05) is 18.6 Å². The summed E-state index contributed by atoms with van der Waals surface area (Å²) < 4.78 is 11.0. The van der Waals surface area contributed by atoms with Gasteiger partial charge in [0.25, 0.3) is 0 Å². The van der Waals surface area contributed by atoms with E-state index in [2.05, 4.69) is 15.2 Å². The number of aromatic nitrogens is 1. The molecule has 2 atom stereocenters. The molecule has 2 N–H and O–H groups in total. The Morgan fingerprint density at radius 1 is 1.52 bits per heavy atom. The number of amides is 1. The first-order chi connectivity index (χ1) is 12.0. The van der Waals surface area contributed by atoms with Crippen LogP contribution in [0.4, 0.5) is 0 Å². The van der Waals surface area contributed by atoms with Crippen LogP contribution in [-0.4, -0.2) is 71.6 Å². The molecule has 2 saturated heterocycles. The average Bonchev–Trinajstić information content (AvgIpc) is 3.08. The largest absolute Gasteiger partial charge is 0.388 e. The molecule has 2 aliphatic rings. The van der Waals surface area contributed by atoms with Gasteiger partial charge in [0.05, 0.1) is 16.7 Å². The second-order valence-corrected chi connectivity index (χ2v) is 8.18. The second kappa shape index (κ2) is 7.67. The summed E-state index contributed by atoms with van der Waals surface area (Å²) in [5.41, 5.74) is 0.578. The normalized spacial score (nSPS) is 29.6. The van der Waals surface area contributed by atoms with E-state index in [9.17, 15) is 9.90 Å². The summed E-state index contributed by atoms with van der Waals surface area (Å²) >= 11 is 1.66. The van der Waals surface area contributed by atoms with E-state index in [4.69, 9.17) is 9.47 Å².